The summed E-state index contributed by atoms with van der Waals surface area (Å²) >= 11 is 0. The fourth-order valence-electron chi connectivity index (χ4n) is 2.53. The first-order valence-corrected chi connectivity index (χ1v) is 7.53. The van der Waals surface area contributed by atoms with Crippen LogP contribution in [0.1, 0.15) is 11.4 Å². The van der Waals surface area contributed by atoms with E-state index in [2.05, 4.69) is 58.3 Å². The second-order valence-corrected chi connectivity index (χ2v) is 5.87. The number of benzene rings is 1. The molecule has 0 aliphatic heterocycles. The third kappa shape index (κ3) is 2.82. The van der Waals surface area contributed by atoms with Gasteiger partial charge in [-0.2, -0.15) is 5.10 Å². The Morgan fingerprint density at radius 1 is 1.14 bits per heavy atom. The van der Waals surface area contributed by atoms with E-state index in [-0.39, 0.29) is 0 Å². The van der Waals surface area contributed by atoms with Crippen LogP contribution in [0.25, 0.3) is 11.0 Å². The molecule has 0 saturated heterocycles. The van der Waals surface area contributed by atoms with Gasteiger partial charge in [-0.3, -0.25) is 4.68 Å². The Morgan fingerprint density at radius 2 is 1.86 bits per heavy atom. The molecule has 0 aliphatic carbocycles. The van der Waals surface area contributed by atoms with Gasteiger partial charge in [0.25, 0.3) is 0 Å². The van der Waals surface area contributed by atoms with Crippen molar-refractivity contribution in [1.82, 2.24) is 19.7 Å². The topological polar surface area (TPSA) is 55.6 Å². The third-order valence-electron chi connectivity index (χ3n) is 3.81. The minimum atomic E-state index is 0.556. The minimum Gasteiger partial charge on any atom is -0.364 e. The number of nitrogens with one attached hydrogen (secondary N) is 1. The first kappa shape index (κ1) is 14.6. The highest BCUT2D eigenvalue weighted by Crippen LogP contribution is 2.19. The van der Waals surface area contributed by atoms with Crippen LogP contribution in [0.4, 0.5) is 5.82 Å². The van der Waals surface area contributed by atoms with Crippen molar-refractivity contribution in [3.8, 4) is 0 Å². The second kappa shape index (κ2) is 5.79. The lowest BCUT2D eigenvalue weighted by Crippen LogP contribution is -2.22. The largest absolute Gasteiger partial charge is 0.364 e. The van der Waals surface area contributed by atoms with Crippen molar-refractivity contribution < 1.29 is 0 Å². The first-order chi connectivity index (χ1) is 10.5. The average molecular weight is 293 g/mol. The molecule has 0 bridgehead atoms. The van der Waals surface area contributed by atoms with Gasteiger partial charge in [-0.1, -0.05) is 43.4 Å². The first-order valence-electron chi connectivity index (χ1n) is 7.53. The van der Waals surface area contributed by atoms with Gasteiger partial charge in [-0.05, 0) is 12.5 Å². The van der Waals surface area contributed by atoms with Crippen molar-refractivity contribution in [2.75, 3.05) is 5.32 Å². The van der Waals surface area contributed by atoms with E-state index in [9.17, 15) is 0 Å². The van der Waals surface area contributed by atoms with Crippen LogP contribution in [0.2, 0.25) is 13.6 Å². The Morgan fingerprint density at radius 3 is 2.55 bits per heavy atom. The normalized spacial score (nSPS) is 10.9. The van der Waals surface area contributed by atoms with Gasteiger partial charge in [0, 0.05) is 13.6 Å². The van der Waals surface area contributed by atoms with Gasteiger partial charge in [0.1, 0.15) is 16.9 Å². The molecule has 1 aromatic carbocycles. The van der Waals surface area contributed by atoms with E-state index < -0.39 is 0 Å². The Balaban J connectivity index is 1.83. The van der Waals surface area contributed by atoms with Gasteiger partial charge in [-0.25, -0.2) is 9.97 Å². The summed E-state index contributed by atoms with van der Waals surface area (Å²) < 4.78 is 1.80. The number of hydrogen-bond donors (Lipinski definition) is 1. The number of aromatic nitrogens is 4. The van der Waals surface area contributed by atoms with Gasteiger partial charge >= 0.3 is 0 Å². The summed E-state index contributed by atoms with van der Waals surface area (Å²) in [6.07, 6.45) is 1.77. The van der Waals surface area contributed by atoms with E-state index in [1.807, 2.05) is 14.0 Å². The Labute approximate surface area is 130 Å². The van der Waals surface area contributed by atoms with Crippen LogP contribution in [0.5, 0.6) is 0 Å². The average Bonchev–Trinajstić information content (AvgIpc) is 2.86. The highest BCUT2D eigenvalue weighted by atomic mass is 15.3. The molecule has 5 nitrogen and oxygen atoms in total. The van der Waals surface area contributed by atoms with Gasteiger partial charge in [0.15, 0.2) is 12.5 Å². The van der Waals surface area contributed by atoms with Crippen LogP contribution in [0, 0.1) is 6.92 Å². The predicted molar refractivity (Wildman–Crippen MR) is 91.9 cm³/mol. The lowest BCUT2D eigenvalue weighted by atomic mass is 9.49. The van der Waals surface area contributed by atoms with E-state index in [0.717, 1.165) is 29.2 Å². The number of hydrogen-bond acceptors (Lipinski definition) is 4. The zero-order chi connectivity index (χ0) is 15.7. The maximum atomic E-state index is 4.51. The highest BCUT2D eigenvalue weighted by Gasteiger charge is 2.10. The molecule has 0 radical (unpaired) electrons. The molecule has 0 atom stereocenters. The third-order valence-corrected chi connectivity index (χ3v) is 3.81. The van der Waals surface area contributed by atoms with Crippen molar-refractivity contribution in [2.24, 2.45) is 7.05 Å². The molecule has 22 heavy (non-hydrogen) atoms. The molecule has 2 heterocycles. The Hall–Kier alpha value is -2.37. The van der Waals surface area contributed by atoms with E-state index in [1.54, 1.807) is 10.9 Å². The zero-order valence-electron chi connectivity index (χ0n) is 13.5. The standard InChI is InChI=1S/C16H20BN5/c1-11-20-14-10-19-22(4)15(14)16(21-11)18-9-12-5-7-13(8-6-12)17(2)3/h5-8,10H,9H2,1-4H3,(H,18,20,21). The summed E-state index contributed by atoms with van der Waals surface area (Å²) in [5.74, 6) is 1.58. The lowest BCUT2D eigenvalue weighted by Gasteiger charge is -2.10. The quantitative estimate of drug-likeness (QED) is 0.750. The molecule has 2 aromatic heterocycles. The van der Waals surface area contributed by atoms with Crippen LogP contribution in [-0.4, -0.2) is 26.5 Å². The van der Waals surface area contributed by atoms with Crippen LogP contribution < -0.4 is 10.8 Å². The molecule has 0 unspecified atom stereocenters. The second-order valence-electron chi connectivity index (χ2n) is 5.87. The number of nitrogens with zero attached hydrogens (tertiary/aromatic N) is 4. The summed E-state index contributed by atoms with van der Waals surface area (Å²) in [6, 6.07) is 8.70. The van der Waals surface area contributed by atoms with Gasteiger partial charge in [0.05, 0.1) is 6.20 Å². The molecular formula is C16H20BN5. The summed E-state index contributed by atoms with van der Waals surface area (Å²) in [7, 11) is 1.91. The van der Waals surface area contributed by atoms with Crippen LogP contribution >= 0.6 is 0 Å². The number of fused-ring (bicyclic) bond motifs is 1. The maximum Gasteiger partial charge on any atom is 0.169 e. The predicted octanol–water partition coefficient (Wildman–Crippen LogP) is 2.25. The Bertz CT molecular complexity index is 792. The Kier molecular flexibility index (Phi) is 3.83. The maximum absolute atomic E-state index is 4.51. The summed E-state index contributed by atoms with van der Waals surface area (Å²) in [5.41, 5.74) is 4.39. The summed E-state index contributed by atoms with van der Waals surface area (Å²) in [4.78, 5) is 8.92. The van der Waals surface area contributed by atoms with Crippen molar-refractivity contribution in [3.05, 3.63) is 41.9 Å². The molecule has 3 aromatic rings. The van der Waals surface area contributed by atoms with Crippen LogP contribution in [0.3, 0.4) is 0 Å². The molecule has 0 aliphatic rings. The fraction of sp³-hybridized carbons (Fsp3) is 0.312. The molecule has 112 valence electrons. The number of aryl methyl sites for hydroxylation is 2. The van der Waals surface area contributed by atoms with Crippen molar-refractivity contribution in [2.45, 2.75) is 27.1 Å². The van der Waals surface area contributed by atoms with E-state index in [1.165, 1.54) is 11.0 Å². The molecule has 0 saturated carbocycles. The van der Waals surface area contributed by atoms with Crippen LogP contribution in [0.15, 0.2) is 30.5 Å². The van der Waals surface area contributed by atoms with Crippen molar-refractivity contribution in [3.63, 3.8) is 0 Å². The molecule has 0 amide bonds. The molecular weight excluding hydrogens is 273 g/mol. The molecule has 6 heteroatoms. The summed E-state index contributed by atoms with van der Waals surface area (Å²) in [5, 5.41) is 7.67. The molecule has 3 rings (SSSR count). The van der Waals surface area contributed by atoms with Gasteiger partial charge < -0.3 is 5.32 Å². The van der Waals surface area contributed by atoms with E-state index in [4.69, 9.17) is 0 Å². The SMILES string of the molecule is CB(C)c1ccc(CNc2nc(C)nc3cnn(C)c23)cc1. The monoisotopic (exact) mass is 293 g/mol. The van der Waals surface area contributed by atoms with Gasteiger partial charge in [-0.15, -0.1) is 0 Å². The van der Waals surface area contributed by atoms with E-state index in [0.29, 0.717) is 6.71 Å². The van der Waals surface area contributed by atoms with Gasteiger partial charge in [0.2, 0.25) is 0 Å². The smallest absolute Gasteiger partial charge is 0.169 e. The highest BCUT2D eigenvalue weighted by molar-refractivity contribution is 6.70. The minimum absolute atomic E-state index is 0.556. The van der Waals surface area contributed by atoms with E-state index >= 15 is 0 Å². The fourth-order valence-corrected chi connectivity index (χ4v) is 2.53. The van der Waals surface area contributed by atoms with Crippen molar-refractivity contribution in [1.29, 1.82) is 0 Å². The summed E-state index contributed by atoms with van der Waals surface area (Å²) in [6.45, 7) is 7.59. The van der Waals surface area contributed by atoms with Crippen molar-refractivity contribution >= 4 is 29.0 Å². The van der Waals surface area contributed by atoms with Crippen LogP contribution in [-0.2, 0) is 13.6 Å². The number of rotatable bonds is 4. The molecule has 0 spiro atoms. The number of anilines is 1. The zero-order valence-corrected chi connectivity index (χ0v) is 13.5. The molecule has 0 fully saturated rings. The molecule has 1 N–H and O–H groups in total. The lowest BCUT2D eigenvalue weighted by molar-refractivity contribution is 0.795.